The second kappa shape index (κ2) is 9.36. The molecule has 24 heavy (non-hydrogen) atoms. The van der Waals surface area contributed by atoms with Crippen molar-refractivity contribution >= 4 is 28.3 Å². The number of rotatable bonds is 6. The van der Waals surface area contributed by atoms with E-state index in [1.807, 2.05) is 0 Å². The molecule has 1 aliphatic heterocycles. The van der Waals surface area contributed by atoms with Crippen molar-refractivity contribution in [3.63, 3.8) is 0 Å². The van der Waals surface area contributed by atoms with Crippen LogP contribution in [0.5, 0.6) is 0 Å². The quantitative estimate of drug-likeness (QED) is 0.739. The third kappa shape index (κ3) is 5.17. The standard InChI is InChI=1S/C16H25N3O3S.ClH/c1-13-7-11-19(12-8-13)23(21,22)15-5-3-14(4-6-15)16(20)18-10-2-9-17;/h3-6,13H,2,7-12,17H2,1H3,(H,18,20);1H. The molecule has 1 aromatic rings. The molecule has 6 nitrogen and oxygen atoms in total. The van der Waals surface area contributed by atoms with E-state index in [4.69, 9.17) is 5.73 Å². The fourth-order valence-corrected chi connectivity index (χ4v) is 4.03. The number of nitrogens with zero attached hydrogens (tertiary/aromatic N) is 1. The fourth-order valence-electron chi connectivity index (χ4n) is 2.56. The average molecular weight is 376 g/mol. The van der Waals surface area contributed by atoms with E-state index in [-0.39, 0.29) is 23.2 Å². The van der Waals surface area contributed by atoms with Gasteiger partial charge in [-0.2, -0.15) is 4.31 Å². The minimum atomic E-state index is -3.46. The summed E-state index contributed by atoms with van der Waals surface area (Å²) in [6.07, 6.45) is 2.49. The lowest BCUT2D eigenvalue weighted by molar-refractivity contribution is 0.0953. The molecule has 1 aliphatic rings. The highest BCUT2D eigenvalue weighted by molar-refractivity contribution is 7.89. The second-order valence-corrected chi connectivity index (χ2v) is 7.95. The number of nitrogens with two attached hydrogens (primary N) is 1. The zero-order valence-electron chi connectivity index (χ0n) is 13.9. The van der Waals surface area contributed by atoms with Gasteiger partial charge in [0.25, 0.3) is 5.91 Å². The lowest BCUT2D eigenvalue weighted by atomic mass is 10.0. The van der Waals surface area contributed by atoms with Crippen LogP contribution < -0.4 is 11.1 Å². The number of hydrogen-bond acceptors (Lipinski definition) is 4. The van der Waals surface area contributed by atoms with Crippen LogP contribution in [0.3, 0.4) is 0 Å². The molecule has 0 atom stereocenters. The molecule has 0 spiro atoms. The van der Waals surface area contributed by atoms with Crippen molar-refractivity contribution in [1.82, 2.24) is 9.62 Å². The number of nitrogens with one attached hydrogen (secondary N) is 1. The number of benzene rings is 1. The van der Waals surface area contributed by atoms with E-state index in [9.17, 15) is 13.2 Å². The summed E-state index contributed by atoms with van der Waals surface area (Å²) >= 11 is 0. The Morgan fingerprint density at radius 3 is 2.38 bits per heavy atom. The summed E-state index contributed by atoms with van der Waals surface area (Å²) in [7, 11) is -3.46. The Labute approximate surface area is 150 Å². The highest BCUT2D eigenvalue weighted by atomic mass is 35.5. The highest BCUT2D eigenvalue weighted by Crippen LogP contribution is 2.23. The first-order chi connectivity index (χ1) is 10.9. The Bertz CT molecular complexity index is 626. The van der Waals surface area contributed by atoms with E-state index in [0.717, 1.165) is 12.8 Å². The minimum Gasteiger partial charge on any atom is -0.352 e. The van der Waals surface area contributed by atoms with E-state index < -0.39 is 10.0 Å². The SMILES string of the molecule is CC1CCN(S(=O)(=O)c2ccc(C(=O)NCCCN)cc2)CC1.Cl. The van der Waals surface area contributed by atoms with Gasteiger partial charge in [-0.15, -0.1) is 12.4 Å². The van der Waals surface area contributed by atoms with Crippen LogP contribution in [-0.2, 0) is 10.0 Å². The van der Waals surface area contributed by atoms with Gasteiger partial charge >= 0.3 is 0 Å². The van der Waals surface area contributed by atoms with Crippen molar-refractivity contribution in [2.24, 2.45) is 11.7 Å². The first kappa shape index (κ1) is 20.9. The van der Waals surface area contributed by atoms with Gasteiger partial charge < -0.3 is 11.1 Å². The van der Waals surface area contributed by atoms with Crippen LogP contribution in [0.25, 0.3) is 0 Å². The average Bonchev–Trinajstić information content (AvgIpc) is 2.55. The molecule has 3 N–H and O–H groups in total. The Balaban J connectivity index is 0.00000288. The maximum Gasteiger partial charge on any atom is 0.251 e. The minimum absolute atomic E-state index is 0. The second-order valence-electron chi connectivity index (χ2n) is 6.01. The molecule has 1 fully saturated rings. The molecular formula is C16H26ClN3O3S. The number of carbonyl (C=O) groups excluding carboxylic acids is 1. The third-order valence-electron chi connectivity index (χ3n) is 4.16. The van der Waals surface area contributed by atoms with Gasteiger partial charge in [0.1, 0.15) is 0 Å². The number of piperidine rings is 1. The van der Waals surface area contributed by atoms with Crippen molar-refractivity contribution in [1.29, 1.82) is 0 Å². The van der Waals surface area contributed by atoms with Gasteiger partial charge in [0.15, 0.2) is 0 Å². The van der Waals surface area contributed by atoms with E-state index >= 15 is 0 Å². The largest absolute Gasteiger partial charge is 0.352 e. The molecule has 0 bridgehead atoms. The van der Waals surface area contributed by atoms with Crippen molar-refractivity contribution in [2.45, 2.75) is 31.1 Å². The van der Waals surface area contributed by atoms with Gasteiger partial charge in [0.05, 0.1) is 4.90 Å². The zero-order valence-corrected chi connectivity index (χ0v) is 15.5. The van der Waals surface area contributed by atoms with E-state index in [2.05, 4.69) is 12.2 Å². The molecule has 2 rings (SSSR count). The van der Waals surface area contributed by atoms with Crippen LogP contribution in [0, 0.1) is 5.92 Å². The Hall–Kier alpha value is -1.15. The van der Waals surface area contributed by atoms with Crippen LogP contribution in [0.4, 0.5) is 0 Å². The summed E-state index contributed by atoms with van der Waals surface area (Å²) in [5, 5.41) is 2.75. The molecule has 1 heterocycles. The number of carbonyl (C=O) groups is 1. The van der Waals surface area contributed by atoms with Gasteiger partial charge in [0, 0.05) is 25.2 Å². The molecule has 8 heteroatoms. The topological polar surface area (TPSA) is 92.5 Å². The predicted molar refractivity (Wildman–Crippen MR) is 96.9 cm³/mol. The summed E-state index contributed by atoms with van der Waals surface area (Å²) in [6, 6.07) is 6.12. The maximum absolute atomic E-state index is 12.6. The molecule has 1 aromatic carbocycles. The molecule has 0 radical (unpaired) electrons. The summed E-state index contributed by atoms with van der Waals surface area (Å²) < 4.78 is 26.7. The first-order valence-electron chi connectivity index (χ1n) is 8.03. The fraction of sp³-hybridized carbons (Fsp3) is 0.562. The predicted octanol–water partition coefficient (Wildman–Crippen LogP) is 1.61. The smallest absolute Gasteiger partial charge is 0.251 e. The lowest BCUT2D eigenvalue weighted by Gasteiger charge is -2.29. The maximum atomic E-state index is 12.6. The van der Waals surface area contributed by atoms with Crippen LogP contribution >= 0.6 is 12.4 Å². The summed E-state index contributed by atoms with van der Waals surface area (Å²) in [4.78, 5) is 12.1. The van der Waals surface area contributed by atoms with Crippen molar-refractivity contribution in [3.8, 4) is 0 Å². The van der Waals surface area contributed by atoms with Gasteiger partial charge in [-0.1, -0.05) is 6.92 Å². The lowest BCUT2D eigenvalue weighted by Crippen LogP contribution is -2.37. The Morgan fingerprint density at radius 1 is 1.25 bits per heavy atom. The number of amides is 1. The Morgan fingerprint density at radius 2 is 1.83 bits per heavy atom. The summed E-state index contributed by atoms with van der Waals surface area (Å²) in [6.45, 7) is 4.30. The molecule has 1 amide bonds. The van der Waals surface area contributed by atoms with E-state index in [1.54, 1.807) is 12.1 Å². The normalized spacial score (nSPS) is 16.4. The van der Waals surface area contributed by atoms with Crippen LogP contribution in [0.1, 0.15) is 36.5 Å². The molecule has 0 aliphatic carbocycles. The number of halogens is 1. The van der Waals surface area contributed by atoms with E-state index in [0.29, 0.717) is 44.1 Å². The van der Waals surface area contributed by atoms with Crippen LogP contribution in [0.15, 0.2) is 29.2 Å². The summed E-state index contributed by atoms with van der Waals surface area (Å²) in [5.74, 6) is 0.357. The van der Waals surface area contributed by atoms with Gasteiger partial charge in [-0.25, -0.2) is 8.42 Å². The van der Waals surface area contributed by atoms with Gasteiger partial charge in [-0.3, -0.25) is 4.79 Å². The third-order valence-corrected chi connectivity index (χ3v) is 6.08. The Kier molecular flexibility index (Phi) is 8.15. The summed E-state index contributed by atoms with van der Waals surface area (Å²) in [5.41, 5.74) is 5.83. The number of hydrogen-bond donors (Lipinski definition) is 2. The van der Waals surface area contributed by atoms with Crippen LogP contribution in [-0.4, -0.2) is 44.8 Å². The van der Waals surface area contributed by atoms with Crippen molar-refractivity contribution < 1.29 is 13.2 Å². The monoisotopic (exact) mass is 375 g/mol. The number of sulfonamides is 1. The van der Waals surface area contributed by atoms with E-state index in [1.165, 1.54) is 16.4 Å². The highest BCUT2D eigenvalue weighted by Gasteiger charge is 2.28. The van der Waals surface area contributed by atoms with Gasteiger partial charge in [0.2, 0.25) is 10.0 Å². The van der Waals surface area contributed by atoms with Crippen LogP contribution in [0.2, 0.25) is 0 Å². The van der Waals surface area contributed by atoms with Crippen molar-refractivity contribution in [2.75, 3.05) is 26.2 Å². The molecular weight excluding hydrogens is 350 g/mol. The zero-order chi connectivity index (χ0) is 16.9. The molecule has 0 aromatic heterocycles. The first-order valence-corrected chi connectivity index (χ1v) is 9.47. The molecule has 1 saturated heterocycles. The molecule has 136 valence electrons. The molecule has 0 unspecified atom stereocenters. The van der Waals surface area contributed by atoms with Crippen molar-refractivity contribution in [3.05, 3.63) is 29.8 Å². The molecule has 0 saturated carbocycles. The van der Waals surface area contributed by atoms with Gasteiger partial charge in [-0.05, 0) is 56.0 Å².